The number of H-pyrrole nitrogens is 1. The van der Waals surface area contributed by atoms with E-state index in [4.69, 9.17) is 4.42 Å². The van der Waals surface area contributed by atoms with Crippen LogP contribution in [-0.2, 0) is 0 Å². The second-order valence-corrected chi connectivity index (χ2v) is 5.09. The first-order valence-electron chi connectivity index (χ1n) is 6.18. The van der Waals surface area contributed by atoms with Crippen LogP contribution in [0.2, 0.25) is 0 Å². The van der Waals surface area contributed by atoms with Gasteiger partial charge in [-0.25, -0.2) is 4.79 Å². The van der Waals surface area contributed by atoms with Gasteiger partial charge in [0.2, 0.25) is 0 Å². The molecule has 3 rings (SSSR count). The van der Waals surface area contributed by atoms with Gasteiger partial charge in [0.25, 0.3) is 0 Å². The molecular formula is C13H16N2O3. The van der Waals surface area contributed by atoms with Crippen LogP contribution in [0.5, 0.6) is 0 Å². The molecule has 0 bridgehead atoms. The smallest absolute Gasteiger partial charge is 0.408 e. The zero-order valence-electron chi connectivity index (χ0n) is 10.0. The number of oxazole rings is 1. The molecule has 2 aromatic rings. The molecule has 1 aromatic heterocycles. The molecule has 1 heterocycles. The van der Waals surface area contributed by atoms with Crippen molar-refractivity contribution in [3.63, 3.8) is 0 Å². The minimum absolute atomic E-state index is 0.0404. The lowest BCUT2D eigenvalue weighted by atomic mass is 9.69. The number of anilines is 1. The fourth-order valence-electron chi connectivity index (χ4n) is 2.42. The second-order valence-electron chi connectivity index (χ2n) is 5.09. The summed E-state index contributed by atoms with van der Waals surface area (Å²) in [5.41, 5.74) is 2.22. The van der Waals surface area contributed by atoms with Gasteiger partial charge in [0.1, 0.15) is 0 Å². The van der Waals surface area contributed by atoms with Crippen LogP contribution in [0, 0.1) is 5.41 Å². The number of aliphatic hydroxyl groups excluding tert-OH is 1. The van der Waals surface area contributed by atoms with Crippen molar-refractivity contribution >= 4 is 16.8 Å². The minimum Gasteiger partial charge on any atom is -0.408 e. The van der Waals surface area contributed by atoms with Crippen molar-refractivity contribution < 1.29 is 9.52 Å². The predicted octanol–water partition coefficient (Wildman–Crippen LogP) is 1.70. The first kappa shape index (κ1) is 11.3. The second kappa shape index (κ2) is 4.17. The van der Waals surface area contributed by atoms with Crippen molar-refractivity contribution in [1.29, 1.82) is 0 Å². The van der Waals surface area contributed by atoms with Gasteiger partial charge in [0.15, 0.2) is 5.58 Å². The third-order valence-electron chi connectivity index (χ3n) is 3.84. The van der Waals surface area contributed by atoms with E-state index in [1.807, 2.05) is 12.1 Å². The first-order valence-corrected chi connectivity index (χ1v) is 6.18. The summed E-state index contributed by atoms with van der Waals surface area (Å²) in [6.45, 7) is 0.988. The van der Waals surface area contributed by atoms with Crippen LogP contribution in [0.4, 0.5) is 5.69 Å². The number of fused-ring (bicyclic) bond motifs is 1. The fourth-order valence-corrected chi connectivity index (χ4v) is 2.42. The number of benzene rings is 1. The van der Waals surface area contributed by atoms with E-state index in [-0.39, 0.29) is 12.0 Å². The molecule has 1 fully saturated rings. The van der Waals surface area contributed by atoms with Gasteiger partial charge in [-0.05, 0) is 31.0 Å². The highest BCUT2D eigenvalue weighted by Gasteiger charge is 2.35. The van der Waals surface area contributed by atoms with Crippen molar-refractivity contribution in [2.24, 2.45) is 5.41 Å². The van der Waals surface area contributed by atoms with Crippen LogP contribution in [0.25, 0.3) is 11.1 Å². The Morgan fingerprint density at radius 2 is 2.28 bits per heavy atom. The van der Waals surface area contributed by atoms with Crippen LogP contribution < -0.4 is 11.1 Å². The van der Waals surface area contributed by atoms with Gasteiger partial charge in [-0.1, -0.05) is 6.42 Å². The third kappa shape index (κ3) is 1.90. The molecule has 5 heteroatoms. The summed E-state index contributed by atoms with van der Waals surface area (Å²) in [5, 5.41) is 12.7. The molecule has 3 N–H and O–H groups in total. The molecule has 18 heavy (non-hydrogen) atoms. The fraction of sp³-hybridized carbons (Fsp3) is 0.462. The van der Waals surface area contributed by atoms with Crippen LogP contribution in [0.3, 0.4) is 0 Å². The van der Waals surface area contributed by atoms with Crippen LogP contribution >= 0.6 is 0 Å². The van der Waals surface area contributed by atoms with E-state index in [0.717, 1.165) is 25.1 Å². The van der Waals surface area contributed by atoms with Gasteiger partial charge in [-0.2, -0.15) is 0 Å². The average Bonchev–Trinajstić information content (AvgIpc) is 2.67. The highest BCUT2D eigenvalue weighted by Crippen LogP contribution is 2.40. The SMILES string of the molecule is O=c1[nH]c2cc(NCC3(CO)CCC3)ccc2o1. The summed E-state index contributed by atoms with van der Waals surface area (Å²) in [4.78, 5) is 13.7. The zero-order valence-corrected chi connectivity index (χ0v) is 10.0. The Kier molecular flexibility index (Phi) is 2.63. The summed E-state index contributed by atoms with van der Waals surface area (Å²) >= 11 is 0. The molecule has 0 spiro atoms. The van der Waals surface area contributed by atoms with Gasteiger partial charge in [-0.3, -0.25) is 4.98 Å². The number of nitrogens with one attached hydrogen (secondary N) is 2. The number of aromatic nitrogens is 1. The lowest BCUT2D eigenvalue weighted by molar-refractivity contribution is 0.0576. The summed E-state index contributed by atoms with van der Waals surface area (Å²) < 4.78 is 4.94. The summed E-state index contributed by atoms with van der Waals surface area (Å²) in [5.74, 6) is -0.437. The molecule has 0 radical (unpaired) electrons. The average molecular weight is 248 g/mol. The Hall–Kier alpha value is -1.75. The van der Waals surface area contributed by atoms with Gasteiger partial charge >= 0.3 is 5.76 Å². The number of aromatic amines is 1. The number of hydrogen-bond acceptors (Lipinski definition) is 4. The van der Waals surface area contributed by atoms with Crippen molar-refractivity contribution in [3.8, 4) is 0 Å². The molecule has 0 aliphatic heterocycles. The molecule has 96 valence electrons. The summed E-state index contributed by atoms with van der Waals surface area (Å²) in [6.07, 6.45) is 3.33. The lowest BCUT2D eigenvalue weighted by Gasteiger charge is -2.40. The van der Waals surface area contributed by atoms with E-state index >= 15 is 0 Å². The largest absolute Gasteiger partial charge is 0.417 e. The van der Waals surface area contributed by atoms with Gasteiger partial charge < -0.3 is 14.8 Å². The van der Waals surface area contributed by atoms with Crippen LogP contribution in [0.1, 0.15) is 19.3 Å². The van der Waals surface area contributed by atoms with E-state index in [1.54, 1.807) is 6.07 Å². The Morgan fingerprint density at radius 3 is 2.94 bits per heavy atom. The molecule has 1 aliphatic rings. The van der Waals surface area contributed by atoms with E-state index < -0.39 is 5.76 Å². The van der Waals surface area contributed by atoms with Crippen molar-refractivity contribution in [3.05, 3.63) is 28.7 Å². The van der Waals surface area contributed by atoms with Crippen molar-refractivity contribution in [1.82, 2.24) is 4.98 Å². The molecule has 1 aliphatic carbocycles. The van der Waals surface area contributed by atoms with E-state index in [2.05, 4.69) is 10.3 Å². The Balaban J connectivity index is 1.76. The number of aliphatic hydroxyl groups is 1. The molecule has 0 unspecified atom stereocenters. The predicted molar refractivity (Wildman–Crippen MR) is 68.7 cm³/mol. The van der Waals surface area contributed by atoms with Crippen LogP contribution in [-0.4, -0.2) is 23.2 Å². The van der Waals surface area contributed by atoms with E-state index in [9.17, 15) is 9.90 Å². The Morgan fingerprint density at radius 1 is 1.44 bits per heavy atom. The standard InChI is InChI=1S/C13H16N2O3/c16-8-13(4-1-5-13)7-14-9-2-3-11-10(6-9)15-12(17)18-11/h2-3,6,14,16H,1,4-5,7-8H2,(H,15,17). The Bertz CT molecular complexity index is 604. The maximum absolute atomic E-state index is 11.0. The maximum Gasteiger partial charge on any atom is 0.417 e. The zero-order chi connectivity index (χ0) is 12.6. The van der Waals surface area contributed by atoms with Gasteiger partial charge in [-0.15, -0.1) is 0 Å². The number of rotatable bonds is 4. The Labute approximate surface area is 104 Å². The highest BCUT2D eigenvalue weighted by molar-refractivity contribution is 5.76. The highest BCUT2D eigenvalue weighted by atomic mass is 16.4. The lowest BCUT2D eigenvalue weighted by Crippen LogP contribution is -2.39. The topological polar surface area (TPSA) is 78.3 Å². The molecular weight excluding hydrogens is 232 g/mol. The summed E-state index contributed by atoms with van der Waals surface area (Å²) in [6, 6.07) is 5.49. The normalized spacial score (nSPS) is 17.6. The van der Waals surface area contributed by atoms with Gasteiger partial charge in [0, 0.05) is 17.6 Å². The van der Waals surface area contributed by atoms with E-state index in [0.29, 0.717) is 11.1 Å². The van der Waals surface area contributed by atoms with Crippen LogP contribution in [0.15, 0.2) is 27.4 Å². The maximum atomic E-state index is 11.0. The number of hydrogen-bond donors (Lipinski definition) is 3. The van der Waals surface area contributed by atoms with E-state index in [1.165, 1.54) is 6.42 Å². The molecule has 0 saturated heterocycles. The van der Waals surface area contributed by atoms with Crippen molar-refractivity contribution in [2.75, 3.05) is 18.5 Å². The third-order valence-corrected chi connectivity index (χ3v) is 3.84. The van der Waals surface area contributed by atoms with Gasteiger partial charge in [0.05, 0.1) is 12.1 Å². The molecule has 0 atom stereocenters. The molecule has 5 nitrogen and oxygen atoms in total. The minimum atomic E-state index is -0.437. The van der Waals surface area contributed by atoms with Crippen molar-refractivity contribution in [2.45, 2.75) is 19.3 Å². The summed E-state index contributed by atoms with van der Waals surface area (Å²) in [7, 11) is 0. The molecule has 0 amide bonds. The first-order chi connectivity index (χ1) is 8.71. The quantitative estimate of drug-likeness (QED) is 0.769. The molecule has 1 aromatic carbocycles. The molecule has 1 saturated carbocycles. The monoisotopic (exact) mass is 248 g/mol.